The van der Waals surface area contributed by atoms with Crippen molar-refractivity contribution in [2.45, 2.75) is 32.4 Å². The van der Waals surface area contributed by atoms with Gasteiger partial charge >= 0.3 is 0 Å². The lowest BCUT2D eigenvalue weighted by molar-refractivity contribution is -0.116. The Bertz CT molecular complexity index is 1680. The van der Waals surface area contributed by atoms with Crippen molar-refractivity contribution in [2.24, 2.45) is 10.3 Å². The summed E-state index contributed by atoms with van der Waals surface area (Å²) in [6.07, 6.45) is 0.184. The maximum Gasteiger partial charge on any atom is 0.238 e. The summed E-state index contributed by atoms with van der Waals surface area (Å²) < 4.78 is 45.8. The van der Waals surface area contributed by atoms with Crippen LogP contribution >= 0.6 is 21.6 Å². The van der Waals surface area contributed by atoms with E-state index in [1.54, 1.807) is 0 Å². The Morgan fingerprint density at radius 1 is 0.548 bits per heavy atom. The first kappa shape index (κ1) is 31.3. The van der Waals surface area contributed by atoms with Crippen LogP contribution < -0.4 is 20.9 Å². The summed E-state index contributed by atoms with van der Waals surface area (Å²) in [4.78, 5) is 27.1. The topological polar surface area (TPSA) is 179 Å². The largest absolute Gasteiger partial charge is 0.326 e. The molecule has 0 saturated heterocycles. The lowest BCUT2D eigenvalue weighted by Crippen LogP contribution is -2.16. The molecule has 42 heavy (non-hydrogen) atoms. The Morgan fingerprint density at radius 2 is 0.881 bits per heavy atom. The number of carbonyl (C=O) groups excluding carboxylic acids is 2. The van der Waals surface area contributed by atoms with E-state index in [1.165, 1.54) is 70.1 Å². The van der Waals surface area contributed by atoms with Gasteiger partial charge in [-0.05, 0) is 71.8 Å². The monoisotopic (exact) mass is 642 g/mol. The summed E-state index contributed by atoms with van der Waals surface area (Å²) >= 11 is 0. The molecule has 0 aliphatic carbocycles. The molecule has 0 spiro atoms. The maximum absolute atomic E-state index is 12.7. The van der Waals surface area contributed by atoms with Gasteiger partial charge in [0.05, 0.1) is 22.6 Å². The number of anilines is 2. The zero-order valence-corrected chi connectivity index (χ0v) is 25.2. The lowest BCUT2D eigenvalue weighted by Gasteiger charge is -2.12. The fourth-order valence-electron chi connectivity index (χ4n) is 3.76. The summed E-state index contributed by atoms with van der Waals surface area (Å²) in [5.41, 5.74) is 2.48. The van der Waals surface area contributed by atoms with Gasteiger partial charge in [-0.2, -0.15) is 0 Å². The van der Waals surface area contributed by atoms with Gasteiger partial charge in [0.2, 0.25) is 31.9 Å². The predicted molar refractivity (Wildman–Crippen MR) is 165 cm³/mol. The molecule has 4 aromatic carbocycles. The third kappa shape index (κ3) is 8.92. The average molecular weight is 643 g/mol. The molecule has 0 saturated carbocycles. The van der Waals surface area contributed by atoms with Crippen LogP contribution in [-0.2, 0) is 42.5 Å². The van der Waals surface area contributed by atoms with E-state index in [0.29, 0.717) is 11.4 Å². The van der Waals surface area contributed by atoms with Crippen LogP contribution in [0.2, 0.25) is 0 Å². The minimum atomic E-state index is -3.82. The van der Waals surface area contributed by atoms with Crippen molar-refractivity contribution in [3.63, 3.8) is 0 Å². The minimum Gasteiger partial charge on any atom is -0.326 e. The molecule has 4 rings (SSSR count). The number of carbonyl (C=O) groups is 2. The molecule has 218 valence electrons. The van der Waals surface area contributed by atoms with Gasteiger partial charge in [0.15, 0.2) is 0 Å². The maximum atomic E-state index is 12.7. The Balaban J connectivity index is 1.38. The highest BCUT2D eigenvalue weighted by molar-refractivity contribution is 8.76. The SMILES string of the molecule is NS(=O)(=O)c1ccc(NC(=O)Cc2ccccc2SSc2ccccc2CC(=O)Nc2ccc(S(N)(=O)=O)cc2)cc1. The third-order valence-electron chi connectivity index (χ3n) is 5.80. The molecule has 0 aliphatic heterocycles. The van der Waals surface area contributed by atoms with Gasteiger partial charge in [-0.15, -0.1) is 0 Å². The van der Waals surface area contributed by atoms with Gasteiger partial charge in [-0.25, -0.2) is 27.1 Å². The van der Waals surface area contributed by atoms with E-state index in [0.717, 1.165) is 20.9 Å². The van der Waals surface area contributed by atoms with Gasteiger partial charge in [0.1, 0.15) is 0 Å². The minimum absolute atomic E-state index is 0.0455. The van der Waals surface area contributed by atoms with E-state index in [-0.39, 0.29) is 34.4 Å². The first-order chi connectivity index (χ1) is 19.9. The predicted octanol–water partition coefficient (Wildman–Crippen LogP) is 4.14. The van der Waals surface area contributed by atoms with E-state index >= 15 is 0 Å². The summed E-state index contributed by atoms with van der Waals surface area (Å²) in [5.74, 6) is -0.545. The molecule has 6 N–H and O–H groups in total. The molecule has 0 fully saturated rings. The number of hydrogen-bond donors (Lipinski definition) is 4. The molecular formula is C28H26N4O6S4. The lowest BCUT2D eigenvalue weighted by atomic mass is 10.1. The quantitative estimate of drug-likeness (QED) is 0.176. The van der Waals surface area contributed by atoms with Gasteiger partial charge in [-0.3, -0.25) is 9.59 Å². The number of nitrogens with one attached hydrogen (secondary N) is 2. The number of nitrogens with two attached hydrogens (primary N) is 2. The second-order valence-electron chi connectivity index (χ2n) is 8.97. The number of sulfonamides is 2. The molecule has 0 atom stereocenters. The number of hydrogen-bond acceptors (Lipinski definition) is 8. The van der Waals surface area contributed by atoms with Crippen molar-refractivity contribution in [1.82, 2.24) is 0 Å². The highest BCUT2D eigenvalue weighted by atomic mass is 33.1. The highest BCUT2D eigenvalue weighted by Gasteiger charge is 2.14. The Morgan fingerprint density at radius 3 is 1.21 bits per heavy atom. The first-order valence-electron chi connectivity index (χ1n) is 12.2. The van der Waals surface area contributed by atoms with Gasteiger partial charge in [-0.1, -0.05) is 58.0 Å². The normalized spacial score (nSPS) is 11.6. The molecule has 0 aromatic heterocycles. The summed E-state index contributed by atoms with van der Waals surface area (Å²) in [5, 5.41) is 15.8. The molecular weight excluding hydrogens is 617 g/mol. The molecule has 0 heterocycles. The highest BCUT2D eigenvalue weighted by Crippen LogP contribution is 2.40. The van der Waals surface area contributed by atoms with Gasteiger partial charge < -0.3 is 10.6 Å². The van der Waals surface area contributed by atoms with Crippen LogP contribution in [0.3, 0.4) is 0 Å². The molecule has 4 aromatic rings. The summed E-state index contributed by atoms with van der Waals surface area (Å²) in [7, 11) is -4.73. The van der Waals surface area contributed by atoms with Crippen molar-refractivity contribution in [2.75, 3.05) is 10.6 Å². The van der Waals surface area contributed by atoms with E-state index in [2.05, 4.69) is 10.6 Å². The first-order valence-corrected chi connectivity index (χ1v) is 17.5. The van der Waals surface area contributed by atoms with Crippen molar-refractivity contribution in [1.29, 1.82) is 0 Å². The van der Waals surface area contributed by atoms with Crippen molar-refractivity contribution in [3.8, 4) is 0 Å². The third-order valence-corrected chi connectivity index (χ3v) is 10.2. The average Bonchev–Trinajstić information content (AvgIpc) is 2.93. The number of rotatable bonds is 11. The molecule has 0 unspecified atom stereocenters. The summed E-state index contributed by atoms with van der Waals surface area (Å²) in [6, 6.07) is 26.1. The van der Waals surface area contributed by atoms with Crippen LogP contribution in [0.5, 0.6) is 0 Å². The number of benzene rings is 4. The van der Waals surface area contributed by atoms with E-state index in [9.17, 15) is 26.4 Å². The second kappa shape index (κ2) is 13.5. The van der Waals surface area contributed by atoms with Crippen LogP contribution in [0.1, 0.15) is 11.1 Å². The molecule has 10 nitrogen and oxygen atoms in total. The standard InChI is InChI=1S/C28H26N4O6S4/c29-41(35,36)23-13-9-21(10-14-23)31-27(33)17-19-5-1-3-7-25(19)39-40-26-8-4-2-6-20(26)18-28(34)32-22-11-15-24(16-12-22)42(30,37)38/h1-16H,17-18H2,(H,31,33)(H,32,34)(H2,29,35,36)(H2,30,37,38). The van der Waals surface area contributed by atoms with Crippen LogP contribution in [-0.4, -0.2) is 28.6 Å². The van der Waals surface area contributed by atoms with E-state index in [1.807, 2.05) is 48.5 Å². The van der Waals surface area contributed by atoms with Crippen molar-refractivity contribution >= 4 is 64.8 Å². The van der Waals surface area contributed by atoms with Crippen LogP contribution in [0.25, 0.3) is 0 Å². The molecule has 0 aliphatic rings. The smallest absolute Gasteiger partial charge is 0.238 e. The Labute approximate surface area is 251 Å². The van der Waals surface area contributed by atoms with Crippen molar-refractivity contribution < 1.29 is 26.4 Å². The Kier molecular flexibility index (Phi) is 10.1. The van der Waals surface area contributed by atoms with Gasteiger partial charge in [0, 0.05) is 21.2 Å². The van der Waals surface area contributed by atoms with Crippen LogP contribution in [0.15, 0.2) is 117 Å². The fraction of sp³-hybridized carbons (Fsp3) is 0.0714. The zero-order valence-electron chi connectivity index (χ0n) is 21.9. The van der Waals surface area contributed by atoms with Crippen LogP contribution in [0.4, 0.5) is 11.4 Å². The second-order valence-corrected chi connectivity index (χ2v) is 14.3. The van der Waals surface area contributed by atoms with E-state index in [4.69, 9.17) is 10.3 Å². The van der Waals surface area contributed by atoms with Gasteiger partial charge in [0.25, 0.3) is 0 Å². The summed E-state index contributed by atoms with van der Waals surface area (Å²) in [6.45, 7) is 0. The number of amides is 2. The van der Waals surface area contributed by atoms with Crippen LogP contribution in [0, 0.1) is 0 Å². The fourth-order valence-corrected chi connectivity index (χ4v) is 7.25. The number of primary sulfonamides is 2. The molecule has 0 radical (unpaired) electrons. The molecule has 14 heteroatoms. The zero-order chi connectivity index (χ0) is 30.3. The van der Waals surface area contributed by atoms with E-state index < -0.39 is 20.0 Å². The molecule has 2 amide bonds. The van der Waals surface area contributed by atoms with Crippen molar-refractivity contribution in [3.05, 3.63) is 108 Å². The molecule has 0 bridgehead atoms. The Hall–Kier alpha value is -3.66.